The summed E-state index contributed by atoms with van der Waals surface area (Å²) in [5.41, 5.74) is 0.205. The number of rotatable bonds is 5. The molecule has 0 heterocycles. The van der Waals surface area contributed by atoms with Crippen molar-refractivity contribution in [2.75, 3.05) is 14.1 Å². The van der Waals surface area contributed by atoms with Gasteiger partial charge in [-0.05, 0) is 30.5 Å². The van der Waals surface area contributed by atoms with Gasteiger partial charge in [-0.15, -0.1) is 0 Å². The first-order chi connectivity index (χ1) is 12.1. The van der Waals surface area contributed by atoms with Crippen LogP contribution in [0.1, 0.15) is 16.7 Å². The Hall–Kier alpha value is -2.44. The maximum atomic E-state index is 14.2. The third kappa shape index (κ3) is 3.57. The van der Waals surface area contributed by atoms with Gasteiger partial charge in [0.05, 0.1) is 11.6 Å². The van der Waals surface area contributed by atoms with E-state index in [0.717, 1.165) is 14.1 Å². The molecule has 0 unspecified atom stereocenters. The van der Waals surface area contributed by atoms with Crippen molar-refractivity contribution in [3.63, 3.8) is 0 Å². The van der Waals surface area contributed by atoms with E-state index in [4.69, 9.17) is 5.26 Å². The molecule has 2 aromatic rings. The third-order valence-electron chi connectivity index (χ3n) is 3.80. The molecule has 0 spiro atoms. The zero-order valence-electron chi connectivity index (χ0n) is 13.9. The minimum atomic E-state index is -4.55. The molecule has 2 rings (SSSR count). The van der Waals surface area contributed by atoms with Crippen molar-refractivity contribution in [1.82, 2.24) is 4.31 Å². The van der Waals surface area contributed by atoms with Gasteiger partial charge in [-0.3, -0.25) is 0 Å². The van der Waals surface area contributed by atoms with Crippen LogP contribution in [-0.2, 0) is 22.9 Å². The quantitative estimate of drug-likeness (QED) is 0.451. The van der Waals surface area contributed by atoms with Crippen molar-refractivity contribution in [2.45, 2.75) is 17.7 Å². The second-order valence-corrected chi connectivity index (χ2v) is 7.75. The Labute approximate surface area is 148 Å². The van der Waals surface area contributed by atoms with Crippen molar-refractivity contribution in [1.29, 1.82) is 5.26 Å². The fourth-order valence-corrected chi connectivity index (χ4v) is 3.53. The molecule has 0 fully saturated rings. The summed E-state index contributed by atoms with van der Waals surface area (Å²) in [6.45, 7) is 0. The minimum absolute atomic E-state index is 0.0308. The molecule has 0 amide bonds. The Bertz CT molecular complexity index is 982. The van der Waals surface area contributed by atoms with Gasteiger partial charge in [0.15, 0.2) is 23.3 Å². The van der Waals surface area contributed by atoms with E-state index >= 15 is 0 Å². The zero-order valence-corrected chi connectivity index (χ0v) is 14.7. The molecule has 138 valence electrons. The molecule has 0 aliphatic carbocycles. The summed E-state index contributed by atoms with van der Waals surface area (Å²) in [5, 5.41) is 8.75. The Morgan fingerprint density at radius 3 is 1.96 bits per heavy atom. The van der Waals surface area contributed by atoms with Crippen LogP contribution in [0.2, 0.25) is 0 Å². The number of nitrogens with zero attached hydrogens (tertiary/aromatic N) is 2. The fourth-order valence-electron chi connectivity index (χ4n) is 2.35. The van der Waals surface area contributed by atoms with E-state index in [1.165, 1.54) is 12.1 Å². The predicted molar refractivity (Wildman–Crippen MR) is 85.7 cm³/mol. The smallest absolute Gasteiger partial charge is 0.207 e. The zero-order chi connectivity index (χ0) is 19.6. The molecule has 9 heteroatoms. The summed E-state index contributed by atoms with van der Waals surface area (Å²) in [4.78, 5) is -1.22. The Balaban J connectivity index is 2.54. The molecule has 2 aromatic carbocycles. The lowest BCUT2D eigenvalue weighted by Gasteiger charge is -2.17. The largest absolute Gasteiger partial charge is 0.245 e. The predicted octanol–water partition coefficient (Wildman–Crippen LogP) is 3.15. The van der Waals surface area contributed by atoms with Gasteiger partial charge in [-0.25, -0.2) is 30.3 Å². The van der Waals surface area contributed by atoms with Crippen LogP contribution in [0.3, 0.4) is 0 Å². The highest BCUT2D eigenvalue weighted by Crippen LogP contribution is 2.30. The molecule has 0 saturated carbocycles. The number of sulfonamides is 1. The molecule has 0 N–H and O–H groups in total. The molecular formula is C17H14F4N2O2S. The average molecular weight is 386 g/mol. The SMILES string of the molecule is CN(C)S(=O)(=O)c1c(F)c(F)c(F)c(F)c1CCc1ccc(C#N)cc1. The molecule has 0 radical (unpaired) electrons. The van der Waals surface area contributed by atoms with Crippen LogP contribution in [-0.4, -0.2) is 26.8 Å². The number of halogens is 4. The highest BCUT2D eigenvalue weighted by Gasteiger charge is 2.33. The minimum Gasteiger partial charge on any atom is -0.207 e. The maximum absolute atomic E-state index is 14.2. The van der Waals surface area contributed by atoms with Crippen LogP contribution >= 0.6 is 0 Å². The van der Waals surface area contributed by atoms with E-state index in [1.807, 2.05) is 6.07 Å². The first-order valence-electron chi connectivity index (χ1n) is 7.37. The van der Waals surface area contributed by atoms with Gasteiger partial charge in [0.1, 0.15) is 4.90 Å². The average Bonchev–Trinajstić information content (AvgIpc) is 2.61. The van der Waals surface area contributed by atoms with Gasteiger partial charge in [0.2, 0.25) is 10.0 Å². The summed E-state index contributed by atoms with van der Waals surface area (Å²) < 4.78 is 80.7. The highest BCUT2D eigenvalue weighted by molar-refractivity contribution is 7.89. The number of benzene rings is 2. The van der Waals surface area contributed by atoms with Crippen molar-refractivity contribution in [3.8, 4) is 6.07 Å². The van der Waals surface area contributed by atoms with Crippen LogP contribution in [0.25, 0.3) is 0 Å². The Kier molecular flexibility index (Phi) is 5.68. The molecular weight excluding hydrogens is 372 g/mol. The van der Waals surface area contributed by atoms with Gasteiger partial charge in [-0.1, -0.05) is 12.1 Å². The number of nitriles is 1. The van der Waals surface area contributed by atoms with Gasteiger partial charge in [0, 0.05) is 19.7 Å². The Morgan fingerprint density at radius 2 is 1.46 bits per heavy atom. The van der Waals surface area contributed by atoms with Gasteiger partial charge in [0.25, 0.3) is 0 Å². The van der Waals surface area contributed by atoms with Crippen LogP contribution in [0, 0.1) is 34.6 Å². The lowest BCUT2D eigenvalue weighted by Crippen LogP contribution is -2.26. The summed E-state index contributed by atoms with van der Waals surface area (Å²) in [6, 6.07) is 8.00. The van der Waals surface area contributed by atoms with Crippen molar-refractivity contribution in [3.05, 3.63) is 64.2 Å². The topological polar surface area (TPSA) is 61.2 Å². The van der Waals surface area contributed by atoms with E-state index < -0.39 is 43.8 Å². The summed E-state index contributed by atoms with van der Waals surface area (Å²) in [6.07, 6.45) is -0.350. The van der Waals surface area contributed by atoms with Gasteiger partial charge < -0.3 is 0 Å². The summed E-state index contributed by atoms with van der Waals surface area (Å²) in [7, 11) is -2.41. The van der Waals surface area contributed by atoms with Crippen molar-refractivity contribution < 1.29 is 26.0 Å². The van der Waals surface area contributed by atoms with Gasteiger partial charge >= 0.3 is 0 Å². The molecule has 0 aliphatic heterocycles. The molecule has 4 nitrogen and oxygen atoms in total. The standard InChI is InChI=1S/C17H14F4N2O2S/c1-23(2)26(24,25)17-12(13(18)14(19)15(20)16(17)21)8-7-10-3-5-11(9-22)6-4-10/h3-6H,7-8H2,1-2H3. The number of hydrogen-bond acceptors (Lipinski definition) is 3. The summed E-state index contributed by atoms with van der Waals surface area (Å²) in [5.74, 6) is -7.93. The van der Waals surface area contributed by atoms with Crippen LogP contribution in [0.15, 0.2) is 29.2 Å². The lowest BCUT2D eigenvalue weighted by molar-refractivity contribution is 0.386. The van der Waals surface area contributed by atoms with Crippen molar-refractivity contribution >= 4 is 10.0 Å². The maximum Gasteiger partial charge on any atom is 0.245 e. The number of hydrogen-bond donors (Lipinski definition) is 0. The van der Waals surface area contributed by atoms with E-state index in [2.05, 4.69) is 0 Å². The van der Waals surface area contributed by atoms with Crippen LogP contribution in [0.5, 0.6) is 0 Å². The molecule has 0 atom stereocenters. The fraction of sp³-hybridized carbons (Fsp3) is 0.235. The first-order valence-corrected chi connectivity index (χ1v) is 8.81. The van der Waals surface area contributed by atoms with E-state index in [0.29, 0.717) is 15.4 Å². The third-order valence-corrected chi connectivity index (χ3v) is 5.70. The van der Waals surface area contributed by atoms with Crippen LogP contribution in [0.4, 0.5) is 17.6 Å². The first kappa shape index (κ1) is 19.9. The normalized spacial score (nSPS) is 11.6. The van der Waals surface area contributed by atoms with E-state index in [1.54, 1.807) is 12.1 Å². The molecule has 0 saturated heterocycles. The molecule has 0 aromatic heterocycles. The van der Waals surface area contributed by atoms with Gasteiger partial charge in [-0.2, -0.15) is 5.26 Å². The summed E-state index contributed by atoms with van der Waals surface area (Å²) >= 11 is 0. The second kappa shape index (κ2) is 7.43. The van der Waals surface area contributed by atoms with E-state index in [9.17, 15) is 26.0 Å². The molecule has 26 heavy (non-hydrogen) atoms. The second-order valence-electron chi connectivity index (χ2n) is 5.66. The molecule has 0 aliphatic rings. The van der Waals surface area contributed by atoms with E-state index in [-0.39, 0.29) is 12.8 Å². The Morgan fingerprint density at radius 1 is 0.923 bits per heavy atom. The number of aryl methyl sites for hydroxylation is 1. The lowest BCUT2D eigenvalue weighted by atomic mass is 10.0. The van der Waals surface area contributed by atoms with Crippen molar-refractivity contribution in [2.24, 2.45) is 0 Å². The molecule has 0 bridgehead atoms. The monoisotopic (exact) mass is 386 g/mol. The van der Waals surface area contributed by atoms with Crippen LogP contribution < -0.4 is 0 Å². The highest BCUT2D eigenvalue weighted by atomic mass is 32.2.